The molecule has 0 bridgehead atoms. The second kappa shape index (κ2) is 5.22. The van der Waals surface area contributed by atoms with Gasteiger partial charge < -0.3 is 5.32 Å². The molecule has 2 rings (SSSR count). The summed E-state index contributed by atoms with van der Waals surface area (Å²) in [7, 11) is 0. The van der Waals surface area contributed by atoms with Crippen LogP contribution in [0.2, 0.25) is 0 Å². The van der Waals surface area contributed by atoms with Gasteiger partial charge in [-0.3, -0.25) is 4.79 Å². The summed E-state index contributed by atoms with van der Waals surface area (Å²) in [6.07, 6.45) is 0. The van der Waals surface area contributed by atoms with Gasteiger partial charge in [-0.05, 0) is 19.1 Å². The molecule has 1 aromatic heterocycles. The zero-order valence-corrected chi connectivity index (χ0v) is 10.4. The predicted octanol–water partition coefficient (Wildman–Crippen LogP) is 2.66. The summed E-state index contributed by atoms with van der Waals surface area (Å²) in [5.74, 6) is -1.72. The molecule has 6 heteroatoms. The molecule has 0 saturated carbocycles. The van der Waals surface area contributed by atoms with Gasteiger partial charge >= 0.3 is 0 Å². The van der Waals surface area contributed by atoms with E-state index in [1.807, 2.05) is 0 Å². The van der Waals surface area contributed by atoms with Gasteiger partial charge in [-0.25, -0.2) is 13.8 Å². The maximum Gasteiger partial charge on any atom is 0.263 e. The van der Waals surface area contributed by atoms with Gasteiger partial charge in [-0.15, -0.1) is 11.3 Å². The first kappa shape index (κ1) is 12.6. The second-order valence-electron chi connectivity index (χ2n) is 3.65. The van der Waals surface area contributed by atoms with Crippen molar-refractivity contribution in [3.63, 3.8) is 0 Å². The Hall–Kier alpha value is -1.82. The maximum absolute atomic E-state index is 13.3. The van der Waals surface area contributed by atoms with E-state index >= 15 is 0 Å². The van der Waals surface area contributed by atoms with Gasteiger partial charge in [-0.1, -0.05) is 6.07 Å². The van der Waals surface area contributed by atoms with Crippen LogP contribution in [0.15, 0.2) is 23.7 Å². The lowest BCUT2D eigenvalue weighted by molar-refractivity contribution is 0.0953. The Morgan fingerprint density at radius 3 is 2.61 bits per heavy atom. The smallest absolute Gasteiger partial charge is 0.263 e. The Morgan fingerprint density at radius 2 is 2.06 bits per heavy atom. The van der Waals surface area contributed by atoms with Crippen LogP contribution < -0.4 is 5.32 Å². The van der Waals surface area contributed by atoms with Crippen LogP contribution in [-0.4, -0.2) is 10.9 Å². The van der Waals surface area contributed by atoms with Crippen molar-refractivity contribution in [2.75, 3.05) is 0 Å². The monoisotopic (exact) mass is 268 g/mol. The minimum Gasteiger partial charge on any atom is -0.347 e. The fourth-order valence-electron chi connectivity index (χ4n) is 1.47. The van der Waals surface area contributed by atoms with Gasteiger partial charge in [0.1, 0.15) is 16.5 Å². The highest BCUT2D eigenvalue weighted by molar-refractivity contribution is 7.11. The van der Waals surface area contributed by atoms with Gasteiger partial charge in [-0.2, -0.15) is 0 Å². The number of rotatable bonds is 3. The van der Waals surface area contributed by atoms with Crippen molar-refractivity contribution in [1.82, 2.24) is 10.3 Å². The number of carbonyl (C=O) groups is 1. The molecule has 0 atom stereocenters. The van der Waals surface area contributed by atoms with Crippen LogP contribution in [0.25, 0.3) is 0 Å². The first-order valence-corrected chi connectivity index (χ1v) is 6.08. The lowest BCUT2D eigenvalue weighted by atomic mass is 10.2. The molecule has 0 aliphatic carbocycles. The number of aromatic nitrogens is 1. The molecule has 94 valence electrons. The summed E-state index contributed by atoms with van der Waals surface area (Å²) in [6.45, 7) is 1.52. The van der Waals surface area contributed by atoms with E-state index < -0.39 is 11.6 Å². The molecule has 3 nitrogen and oxygen atoms in total. The number of carbonyl (C=O) groups excluding carboxylic acids is 1. The predicted molar refractivity (Wildman–Crippen MR) is 64.4 cm³/mol. The maximum atomic E-state index is 13.3. The van der Waals surface area contributed by atoms with Crippen molar-refractivity contribution >= 4 is 17.2 Å². The van der Waals surface area contributed by atoms with Crippen LogP contribution >= 0.6 is 11.3 Å². The van der Waals surface area contributed by atoms with Crippen LogP contribution in [-0.2, 0) is 6.54 Å². The van der Waals surface area contributed by atoms with E-state index in [9.17, 15) is 13.6 Å². The molecule has 1 N–H and O–H groups in total. The van der Waals surface area contributed by atoms with Crippen molar-refractivity contribution in [3.8, 4) is 0 Å². The molecular weight excluding hydrogens is 258 g/mol. The molecule has 0 aliphatic rings. The quantitative estimate of drug-likeness (QED) is 0.929. The van der Waals surface area contributed by atoms with Gasteiger partial charge in [0.25, 0.3) is 5.91 Å². The van der Waals surface area contributed by atoms with Crippen LogP contribution in [0.1, 0.15) is 20.9 Å². The first-order chi connectivity index (χ1) is 8.59. The summed E-state index contributed by atoms with van der Waals surface area (Å²) < 4.78 is 26.6. The second-order valence-corrected chi connectivity index (χ2v) is 4.50. The summed E-state index contributed by atoms with van der Waals surface area (Å²) >= 11 is 1.19. The Kier molecular flexibility index (Phi) is 3.66. The SMILES string of the molecule is Cc1ncsc1C(=O)NCc1c(F)cccc1F. The third kappa shape index (κ3) is 2.53. The topological polar surface area (TPSA) is 42.0 Å². The average molecular weight is 268 g/mol. The van der Waals surface area contributed by atoms with E-state index in [-0.39, 0.29) is 18.0 Å². The molecule has 2 aromatic rings. The molecule has 18 heavy (non-hydrogen) atoms. The van der Waals surface area contributed by atoms with E-state index in [4.69, 9.17) is 0 Å². The fraction of sp³-hybridized carbons (Fsp3) is 0.167. The lowest BCUT2D eigenvalue weighted by Gasteiger charge is -2.06. The van der Waals surface area contributed by atoms with Gasteiger partial charge in [0.2, 0.25) is 0 Å². The van der Waals surface area contributed by atoms with E-state index in [0.29, 0.717) is 10.6 Å². The highest BCUT2D eigenvalue weighted by Crippen LogP contribution is 2.14. The third-order valence-electron chi connectivity index (χ3n) is 2.44. The van der Waals surface area contributed by atoms with Crippen molar-refractivity contribution < 1.29 is 13.6 Å². The molecule has 1 heterocycles. The van der Waals surface area contributed by atoms with Crippen molar-refractivity contribution in [1.29, 1.82) is 0 Å². The zero-order chi connectivity index (χ0) is 13.1. The molecule has 0 radical (unpaired) electrons. The standard InChI is InChI=1S/C12H10F2N2OS/c1-7-11(18-6-16-7)12(17)15-5-8-9(13)3-2-4-10(8)14/h2-4,6H,5H2,1H3,(H,15,17). The number of benzene rings is 1. The van der Waals surface area contributed by atoms with Crippen molar-refractivity contribution in [2.24, 2.45) is 0 Å². The van der Waals surface area contributed by atoms with Gasteiger partial charge in [0.15, 0.2) is 0 Å². The molecule has 0 aliphatic heterocycles. The molecule has 0 spiro atoms. The Morgan fingerprint density at radius 1 is 1.39 bits per heavy atom. The molecular formula is C12H10F2N2OS. The molecule has 1 aromatic carbocycles. The van der Waals surface area contributed by atoms with Crippen LogP contribution in [0.4, 0.5) is 8.78 Å². The Bertz CT molecular complexity index is 563. The normalized spacial score (nSPS) is 10.4. The van der Waals surface area contributed by atoms with Gasteiger partial charge in [0.05, 0.1) is 11.2 Å². The van der Waals surface area contributed by atoms with E-state index in [0.717, 1.165) is 12.1 Å². The summed E-state index contributed by atoms with van der Waals surface area (Å²) in [4.78, 5) is 16.1. The third-order valence-corrected chi connectivity index (χ3v) is 3.37. The number of halogens is 2. The molecule has 1 amide bonds. The minimum absolute atomic E-state index is 0.145. The number of thiazole rings is 1. The van der Waals surface area contributed by atoms with E-state index in [1.165, 1.54) is 17.4 Å². The lowest BCUT2D eigenvalue weighted by Crippen LogP contribution is -2.23. The number of nitrogens with one attached hydrogen (secondary N) is 1. The number of amides is 1. The van der Waals surface area contributed by atoms with Crippen LogP contribution in [0.5, 0.6) is 0 Å². The number of aryl methyl sites for hydroxylation is 1. The fourth-order valence-corrected chi connectivity index (χ4v) is 2.19. The van der Waals surface area contributed by atoms with E-state index in [1.54, 1.807) is 12.4 Å². The van der Waals surface area contributed by atoms with Gasteiger partial charge in [0, 0.05) is 12.1 Å². The van der Waals surface area contributed by atoms with Crippen LogP contribution in [0, 0.1) is 18.6 Å². The summed E-state index contributed by atoms with van der Waals surface area (Å²) in [6, 6.07) is 3.59. The summed E-state index contributed by atoms with van der Waals surface area (Å²) in [5, 5.41) is 2.48. The van der Waals surface area contributed by atoms with Crippen molar-refractivity contribution in [2.45, 2.75) is 13.5 Å². The Labute approximate surface area is 106 Å². The number of nitrogens with zero attached hydrogens (tertiary/aromatic N) is 1. The molecule has 0 saturated heterocycles. The highest BCUT2D eigenvalue weighted by atomic mass is 32.1. The first-order valence-electron chi connectivity index (χ1n) is 5.20. The molecule has 0 unspecified atom stereocenters. The summed E-state index contributed by atoms with van der Waals surface area (Å²) in [5.41, 5.74) is 2.01. The highest BCUT2D eigenvalue weighted by Gasteiger charge is 2.14. The number of hydrogen-bond donors (Lipinski definition) is 1. The minimum atomic E-state index is -0.670. The Balaban J connectivity index is 2.09. The molecule has 0 fully saturated rings. The largest absolute Gasteiger partial charge is 0.347 e. The zero-order valence-electron chi connectivity index (χ0n) is 9.54. The van der Waals surface area contributed by atoms with Crippen molar-refractivity contribution in [3.05, 3.63) is 51.5 Å². The number of hydrogen-bond acceptors (Lipinski definition) is 3. The van der Waals surface area contributed by atoms with Crippen LogP contribution in [0.3, 0.4) is 0 Å². The van der Waals surface area contributed by atoms with E-state index in [2.05, 4.69) is 10.3 Å². The average Bonchev–Trinajstić information content (AvgIpc) is 2.74.